The maximum Gasteiger partial charge on any atom is 0.220 e. The number of ether oxygens (including phenoxy) is 2. The van der Waals surface area contributed by atoms with Gasteiger partial charge in [0.15, 0.2) is 0 Å². The molecule has 0 unspecified atom stereocenters. The van der Waals surface area contributed by atoms with Gasteiger partial charge < -0.3 is 9.47 Å². The predicted molar refractivity (Wildman–Crippen MR) is 72.2 cm³/mol. The number of allylic oxidation sites excluding steroid dienone is 1. The van der Waals surface area contributed by atoms with Gasteiger partial charge in [0.05, 0.1) is 18.9 Å². The van der Waals surface area contributed by atoms with Crippen LogP contribution >= 0.6 is 0 Å². The van der Waals surface area contributed by atoms with Crippen molar-refractivity contribution in [1.29, 1.82) is 0 Å². The zero-order chi connectivity index (χ0) is 12.6. The predicted octanol–water partition coefficient (Wildman–Crippen LogP) is 2.53. The number of rotatable bonds is 2. The topological polar surface area (TPSA) is 31.4 Å². The molecule has 0 saturated carbocycles. The van der Waals surface area contributed by atoms with Crippen LogP contribution in [0.25, 0.3) is 5.57 Å². The number of hydrogen-bond acceptors (Lipinski definition) is 3. The summed E-state index contributed by atoms with van der Waals surface area (Å²) < 4.78 is 10.8. The molecule has 17 heavy (non-hydrogen) atoms. The Labute approximate surface area is 103 Å². The highest BCUT2D eigenvalue weighted by atomic mass is 28.3. The van der Waals surface area contributed by atoms with Gasteiger partial charge in [0, 0.05) is 5.32 Å². The SMILES string of the molecule is COc1nc([Si](C)(C)C)cc2c1COC=C2C. The smallest absolute Gasteiger partial charge is 0.220 e. The van der Waals surface area contributed by atoms with Crippen LogP contribution in [0.1, 0.15) is 18.1 Å². The molecule has 92 valence electrons. The van der Waals surface area contributed by atoms with Crippen LogP contribution in [-0.2, 0) is 11.3 Å². The van der Waals surface area contributed by atoms with Crippen molar-refractivity contribution >= 4 is 19.0 Å². The van der Waals surface area contributed by atoms with Gasteiger partial charge in [-0.3, -0.25) is 0 Å². The molecule has 2 rings (SSSR count). The monoisotopic (exact) mass is 249 g/mol. The molecule has 1 aliphatic rings. The van der Waals surface area contributed by atoms with E-state index in [1.807, 2.05) is 6.26 Å². The number of methoxy groups -OCH3 is 1. The second kappa shape index (κ2) is 4.18. The van der Waals surface area contributed by atoms with E-state index in [0.717, 1.165) is 11.1 Å². The normalized spacial score (nSPS) is 14.8. The summed E-state index contributed by atoms with van der Waals surface area (Å²) in [6, 6.07) is 2.21. The first-order valence-corrected chi connectivity index (χ1v) is 9.30. The molecule has 4 heteroatoms. The van der Waals surface area contributed by atoms with Crippen LogP contribution in [0.4, 0.5) is 0 Å². The minimum atomic E-state index is -1.43. The van der Waals surface area contributed by atoms with E-state index in [1.165, 1.54) is 10.9 Å². The molecule has 0 bridgehead atoms. The van der Waals surface area contributed by atoms with Crippen LogP contribution in [0.3, 0.4) is 0 Å². The van der Waals surface area contributed by atoms with Crippen molar-refractivity contribution in [2.45, 2.75) is 33.2 Å². The first-order valence-electron chi connectivity index (χ1n) is 5.80. The largest absolute Gasteiger partial charge is 0.496 e. The molecule has 0 spiro atoms. The van der Waals surface area contributed by atoms with E-state index < -0.39 is 8.07 Å². The lowest BCUT2D eigenvalue weighted by Gasteiger charge is -2.23. The Balaban J connectivity index is 2.64. The third-order valence-corrected chi connectivity index (χ3v) is 4.75. The molecule has 1 aromatic rings. The van der Waals surface area contributed by atoms with E-state index in [0.29, 0.717) is 12.5 Å². The zero-order valence-corrected chi connectivity index (χ0v) is 12.1. The summed E-state index contributed by atoms with van der Waals surface area (Å²) in [4.78, 5) is 4.64. The van der Waals surface area contributed by atoms with Gasteiger partial charge in [-0.05, 0) is 24.1 Å². The summed E-state index contributed by atoms with van der Waals surface area (Å²) in [7, 11) is 0.242. The Morgan fingerprint density at radius 3 is 2.65 bits per heavy atom. The summed E-state index contributed by atoms with van der Waals surface area (Å²) >= 11 is 0. The minimum absolute atomic E-state index is 0.550. The van der Waals surface area contributed by atoms with Gasteiger partial charge >= 0.3 is 0 Å². The summed E-state index contributed by atoms with van der Waals surface area (Å²) in [6.45, 7) is 9.48. The second-order valence-electron chi connectivity index (χ2n) is 5.40. The molecule has 3 nitrogen and oxygen atoms in total. The summed E-state index contributed by atoms with van der Waals surface area (Å²) in [6.07, 6.45) is 1.82. The third kappa shape index (κ3) is 2.22. The van der Waals surface area contributed by atoms with E-state index in [-0.39, 0.29) is 0 Å². The van der Waals surface area contributed by atoms with Gasteiger partial charge in [0.1, 0.15) is 14.7 Å². The van der Waals surface area contributed by atoms with Crippen molar-refractivity contribution in [3.8, 4) is 5.88 Å². The van der Waals surface area contributed by atoms with Crippen LogP contribution in [0.15, 0.2) is 12.3 Å². The highest BCUT2D eigenvalue weighted by Gasteiger charge is 2.24. The van der Waals surface area contributed by atoms with Gasteiger partial charge in [0.25, 0.3) is 0 Å². The molecular formula is C13H19NO2Si. The molecule has 0 aromatic carbocycles. The van der Waals surface area contributed by atoms with Gasteiger partial charge in [-0.1, -0.05) is 19.6 Å². The van der Waals surface area contributed by atoms with Crippen LogP contribution < -0.4 is 10.1 Å². The number of aromatic nitrogens is 1. The lowest BCUT2D eigenvalue weighted by atomic mass is 10.0. The second-order valence-corrected chi connectivity index (χ2v) is 10.4. The molecule has 2 heterocycles. The first-order chi connectivity index (χ1) is 7.93. The van der Waals surface area contributed by atoms with Crippen molar-refractivity contribution in [3.05, 3.63) is 23.5 Å². The van der Waals surface area contributed by atoms with Gasteiger partial charge in [0.2, 0.25) is 5.88 Å². The van der Waals surface area contributed by atoms with Crippen molar-refractivity contribution in [3.63, 3.8) is 0 Å². The van der Waals surface area contributed by atoms with E-state index >= 15 is 0 Å². The summed E-state index contributed by atoms with van der Waals surface area (Å²) in [5.74, 6) is 0.715. The van der Waals surface area contributed by atoms with Gasteiger partial charge in [-0.25, -0.2) is 4.98 Å². The summed E-state index contributed by atoms with van der Waals surface area (Å²) in [5.41, 5.74) is 3.43. The maximum absolute atomic E-state index is 5.41. The molecule has 1 aliphatic heterocycles. The van der Waals surface area contributed by atoms with E-state index in [4.69, 9.17) is 9.47 Å². The number of fused-ring (bicyclic) bond motifs is 1. The molecule has 0 fully saturated rings. The number of hydrogen-bond donors (Lipinski definition) is 0. The highest BCUT2D eigenvalue weighted by molar-refractivity contribution is 6.88. The molecule has 0 saturated heterocycles. The molecule has 0 N–H and O–H groups in total. The molecule has 0 radical (unpaired) electrons. The standard InChI is InChI=1S/C13H19NO2Si/c1-9-7-16-8-11-10(9)6-12(17(3,4)5)14-13(11)15-2/h6-7H,8H2,1-5H3. The average Bonchev–Trinajstić information content (AvgIpc) is 2.27. The Kier molecular flexibility index (Phi) is 2.99. The molecule has 1 aromatic heterocycles. The van der Waals surface area contributed by atoms with Gasteiger partial charge in [-0.15, -0.1) is 0 Å². The minimum Gasteiger partial charge on any atom is -0.496 e. The van der Waals surface area contributed by atoms with Crippen molar-refractivity contribution < 1.29 is 9.47 Å². The van der Waals surface area contributed by atoms with Crippen LogP contribution in [0, 0.1) is 0 Å². The Morgan fingerprint density at radius 2 is 2.06 bits per heavy atom. The van der Waals surface area contributed by atoms with E-state index in [2.05, 4.69) is 37.6 Å². The van der Waals surface area contributed by atoms with E-state index in [1.54, 1.807) is 7.11 Å². The van der Waals surface area contributed by atoms with Crippen LogP contribution in [0.5, 0.6) is 5.88 Å². The van der Waals surface area contributed by atoms with E-state index in [9.17, 15) is 0 Å². The average molecular weight is 249 g/mol. The zero-order valence-electron chi connectivity index (χ0n) is 11.1. The van der Waals surface area contributed by atoms with Gasteiger partial charge in [-0.2, -0.15) is 0 Å². The van der Waals surface area contributed by atoms with Crippen molar-refractivity contribution in [2.24, 2.45) is 0 Å². The maximum atomic E-state index is 5.41. The fraction of sp³-hybridized carbons (Fsp3) is 0.462. The quantitative estimate of drug-likeness (QED) is 0.755. The third-order valence-electron chi connectivity index (χ3n) is 2.96. The van der Waals surface area contributed by atoms with Crippen LogP contribution in [0.2, 0.25) is 19.6 Å². The Morgan fingerprint density at radius 1 is 1.35 bits per heavy atom. The van der Waals surface area contributed by atoms with Crippen molar-refractivity contribution in [1.82, 2.24) is 4.98 Å². The number of pyridine rings is 1. The first kappa shape index (κ1) is 12.2. The van der Waals surface area contributed by atoms with Crippen molar-refractivity contribution in [2.75, 3.05) is 7.11 Å². The Bertz CT molecular complexity index is 475. The molecule has 0 atom stereocenters. The lowest BCUT2D eigenvalue weighted by molar-refractivity contribution is 0.226. The molecule has 0 amide bonds. The highest BCUT2D eigenvalue weighted by Crippen LogP contribution is 2.29. The van der Waals surface area contributed by atoms with Crippen LogP contribution in [-0.4, -0.2) is 20.2 Å². The fourth-order valence-electron chi connectivity index (χ4n) is 1.91. The fourth-order valence-corrected chi connectivity index (χ4v) is 2.92. The lowest BCUT2D eigenvalue weighted by Crippen LogP contribution is -2.40. The molecular weight excluding hydrogens is 230 g/mol. The summed E-state index contributed by atoms with van der Waals surface area (Å²) in [5, 5.41) is 1.18. The Hall–Kier alpha value is -1.29. The molecule has 0 aliphatic carbocycles. The number of nitrogens with zero attached hydrogens (tertiary/aromatic N) is 1.